The zero-order valence-corrected chi connectivity index (χ0v) is 24.8. The number of nitro groups is 1. The highest BCUT2D eigenvalue weighted by Gasteiger charge is 2.18. The average Bonchev–Trinajstić information content (AvgIpc) is 3.00. The molecule has 9 nitrogen and oxygen atoms in total. The highest BCUT2D eigenvalue weighted by atomic mass is 35.5. The molecule has 5 rings (SSSR count). The Balaban J connectivity index is 1.59. The number of aromatic nitrogens is 2. The molecule has 5 aromatic rings. The molecule has 1 heterocycles. The maximum Gasteiger partial charge on any atom is 0.282 e. The van der Waals surface area contributed by atoms with Gasteiger partial charge in [0.15, 0.2) is 5.82 Å². The zero-order valence-electron chi connectivity index (χ0n) is 24.1. The monoisotopic (exact) mass is 596 g/mol. The summed E-state index contributed by atoms with van der Waals surface area (Å²) in [5.74, 6) is 1.79. The Morgan fingerprint density at radius 1 is 1.05 bits per heavy atom. The normalized spacial score (nSPS) is 11.4. The summed E-state index contributed by atoms with van der Waals surface area (Å²) in [6.45, 7) is 6.26. The molecule has 0 fully saturated rings. The summed E-state index contributed by atoms with van der Waals surface area (Å²) in [6, 6.07) is 22.3. The highest BCUT2D eigenvalue weighted by Crippen LogP contribution is 2.34. The van der Waals surface area contributed by atoms with E-state index >= 15 is 0 Å². The van der Waals surface area contributed by atoms with Crippen molar-refractivity contribution in [2.45, 2.75) is 33.3 Å². The number of hydrogen-bond donors (Lipinski definition) is 0. The molecule has 10 heteroatoms. The Morgan fingerprint density at radius 3 is 2.49 bits per heavy atom. The Hall–Kier alpha value is -5.02. The molecule has 4 aromatic carbocycles. The lowest BCUT2D eigenvalue weighted by molar-refractivity contribution is -0.384. The molecule has 218 valence electrons. The van der Waals surface area contributed by atoms with Crippen LogP contribution in [0.1, 0.15) is 42.0 Å². The molecule has 0 N–H and O–H groups in total. The standard InChI is InChI=1S/C33H29ClN4O5/c1-20(2)27-17-28(21(3)15-31(27)42-4)32-36-29-8-6-5-7-26(29)33(39)37(32)35-18-23-16-24(34)11-14-30(23)43-19-22-9-12-25(13-10-22)38(40)41/h5-18,20H,19H2,1-4H3. The van der Waals surface area contributed by atoms with Gasteiger partial charge in [0.25, 0.3) is 11.2 Å². The van der Waals surface area contributed by atoms with Crippen molar-refractivity contribution in [3.05, 3.63) is 127 Å². The van der Waals surface area contributed by atoms with E-state index in [0.717, 1.165) is 28.0 Å². The third kappa shape index (κ3) is 6.27. The Bertz CT molecular complexity index is 1920. The minimum Gasteiger partial charge on any atom is -0.496 e. The molecule has 0 aliphatic carbocycles. The Labute approximate surface area is 253 Å². The first kappa shape index (κ1) is 29.5. The van der Waals surface area contributed by atoms with E-state index in [1.165, 1.54) is 23.0 Å². The summed E-state index contributed by atoms with van der Waals surface area (Å²) in [5.41, 5.74) is 4.14. The molecule has 0 bridgehead atoms. The van der Waals surface area contributed by atoms with Crippen molar-refractivity contribution >= 4 is 34.4 Å². The van der Waals surface area contributed by atoms with Crippen LogP contribution in [0.25, 0.3) is 22.3 Å². The van der Waals surface area contributed by atoms with Gasteiger partial charge in [-0.3, -0.25) is 14.9 Å². The molecule has 0 saturated carbocycles. The van der Waals surface area contributed by atoms with Gasteiger partial charge in [0.2, 0.25) is 0 Å². The van der Waals surface area contributed by atoms with Gasteiger partial charge >= 0.3 is 0 Å². The molecule has 0 atom stereocenters. The van der Waals surface area contributed by atoms with Crippen LogP contribution < -0.4 is 15.0 Å². The lowest BCUT2D eigenvalue weighted by Gasteiger charge is -2.17. The predicted octanol–water partition coefficient (Wildman–Crippen LogP) is 7.53. The third-order valence-electron chi connectivity index (χ3n) is 7.02. The number of non-ortho nitro benzene ring substituents is 1. The van der Waals surface area contributed by atoms with Crippen molar-refractivity contribution in [3.8, 4) is 22.9 Å². The smallest absolute Gasteiger partial charge is 0.282 e. The van der Waals surface area contributed by atoms with Gasteiger partial charge in [-0.15, -0.1) is 0 Å². The number of rotatable bonds is 9. The fourth-order valence-corrected chi connectivity index (χ4v) is 4.90. The van der Waals surface area contributed by atoms with Crippen molar-refractivity contribution in [3.63, 3.8) is 0 Å². The molecule has 0 saturated heterocycles. The summed E-state index contributed by atoms with van der Waals surface area (Å²) < 4.78 is 13.0. The molecular formula is C33H29ClN4O5. The molecule has 0 unspecified atom stereocenters. The van der Waals surface area contributed by atoms with Crippen molar-refractivity contribution in [2.75, 3.05) is 7.11 Å². The van der Waals surface area contributed by atoms with Crippen molar-refractivity contribution < 1.29 is 14.4 Å². The summed E-state index contributed by atoms with van der Waals surface area (Å²) in [7, 11) is 1.64. The molecule has 0 aliphatic rings. The van der Waals surface area contributed by atoms with Crippen LogP contribution in [0.15, 0.2) is 88.8 Å². The number of halogens is 1. The van der Waals surface area contributed by atoms with Crippen LogP contribution in [-0.2, 0) is 6.61 Å². The van der Waals surface area contributed by atoms with E-state index in [-0.39, 0.29) is 23.8 Å². The van der Waals surface area contributed by atoms with E-state index in [1.807, 2.05) is 25.1 Å². The molecule has 0 spiro atoms. The number of hydrogen-bond acceptors (Lipinski definition) is 7. The lowest BCUT2D eigenvalue weighted by atomic mass is 9.96. The first-order chi connectivity index (χ1) is 20.7. The van der Waals surface area contributed by atoms with Gasteiger partial charge < -0.3 is 9.47 Å². The van der Waals surface area contributed by atoms with Crippen LogP contribution in [0.5, 0.6) is 11.5 Å². The van der Waals surface area contributed by atoms with E-state index in [2.05, 4.69) is 18.9 Å². The molecule has 0 amide bonds. The predicted molar refractivity (Wildman–Crippen MR) is 169 cm³/mol. The topological polar surface area (TPSA) is 109 Å². The van der Waals surface area contributed by atoms with E-state index in [4.69, 9.17) is 26.1 Å². The lowest BCUT2D eigenvalue weighted by Crippen LogP contribution is -2.21. The van der Waals surface area contributed by atoms with Crippen LogP contribution in [-0.4, -0.2) is 27.9 Å². The van der Waals surface area contributed by atoms with Crippen LogP contribution in [0.4, 0.5) is 5.69 Å². The summed E-state index contributed by atoms with van der Waals surface area (Å²) in [6.07, 6.45) is 1.51. The summed E-state index contributed by atoms with van der Waals surface area (Å²) >= 11 is 6.32. The van der Waals surface area contributed by atoms with E-state index < -0.39 is 4.92 Å². The fraction of sp³-hybridized carbons (Fsp3) is 0.182. The summed E-state index contributed by atoms with van der Waals surface area (Å²) in [4.78, 5) is 29.2. The van der Waals surface area contributed by atoms with Gasteiger partial charge in [-0.1, -0.05) is 37.6 Å². The number of benzene rings is 4. The Morgan fingerprint density at radius 2 is 1.79 bits per heavy atom. The quantitative estimate of drug-likeness (QED) is 0.0988. The fourth-order valence-electron chi connectivity index (χ4n) is 4.72. The molecule has 43 heavy (non-hydrogen) atoms. The van der Waals surface area contributed by atoms with Crippen LogP contribution in [0.2, 0.25) is 5.02 Å². The zero-order chi connectivity index (χ0) is 30.7. The Kier molecular flexibility index (Phi) is 8.54. The van der Waals surface area contributed by atoms with Crippen LogP contribution >= 0.6 is 11.6 Å². The number of nitro benzene ring substituents is 1. The van der Waals surface area contributed by atoms with Crippen molar-refractivity contribution in [2.24, 2.45) is 5.10 Å². The summed E-state index contributed by atoms with van der Waals surface area (Å²) in [5, 5.41) is 16.5. The van der Waals surface area contributed by atoms with Gasteiger partial charge in [0.05, 0.1) is 29.2 Å². The third-order valence-corrected chi connectivity index (χ3v) is 7.25. The van der Waals surface area contributed by atoms with E-state index in [0.29, 0.717) is 33.1 Å². The maximum atomic E-state index is 13.8. The number of fused-ring (bicyclic) bond motifs is 1. The largest absolute Gasteiger partial charge is 0.496 e. The van der Waals surface area contributed by atoms with Crippen molar-refractivity contribution in [1.82, 2.24) is 9.66 Å². The number of ether oxygens (including phenoxy) is 2. The first-order valence-corrected chi connectivity index (χ1v) is 13.9. The van der Waals surface area contributed by atoms with Gasteiger partial charge in [-0.2, -0.15) is 9.78 Å². The second kappa shape index (κ2) is 12.5. The number of aryl methyl sites for hydroxylation is 1. The van der Waals surface area contributed by atoms with Gasteiger partial charge in [0, 0.05) is 28.3 Å². The highest BCUT2D eigenvalue weighted by molar-refractivity contribution is 6.30. The van der Waals surface area contributed by atoms with E-state index in [1.54, 1.807) is 55.6 Å². The maximum absolute atomic E-state index is 13.8. The molecule has 0 radical (unpaired) electrons. The first-order valence-electron chi connectivity index (χ1n) is 13.6. The van der Waals surface area contributed by atoms with Crippen LogP contribution in [0, 0.1) is 17.0 Å². The molecule has 0 aliphatic heterocycles. The van der Waals surface area contributed by atoms with E-state index in [9.17, 15) is 14.9 Å². The van der Waals surface area contributed by atoms with Gasteiger partial charge in [-0.05, 0) is 84.1 Å². The van der Waals surface area contributed by atoms with Gasteiger partial charge in [-0.25, -0.2) is 4.98 Å². The second-order valence-corrected chi connectivity index (χ2v) is 10.7. The number of para-hydroxylation sites is 1. The minimum atomic E-state index is -0.451. The molecule has 1 aromatic heterocycles. The SMILES string of the molecule is COc1cc(C)c(-c2nc3ccccc3c(=O)n2N=Cc2cc(Cl)ccc2OCc2ccc([N+](=O)[O-])cc2)cc1C(C)C. The number of methoxy groups -OCH3 is 1. The molecular weight excluding hydrogens is 568 g/mol. The van der Waals surface area contributed by atoms with Gasteiger partial charge in [0.1, 0.15) is 18.1 Å². The number of nitrogens with zero attached hydrogens (tertiary/aromatic N) is 4. The minimum absolute atomic E-state index is 0.000850. The van der Waals surface area contributed by atoms with Crippen molar-refractivity contribution in [1.29, 1.82) is 0 Å². The van der Waals surface area contributed by atoms with Crippen LogP contribution in [0.3, 0.4) is 0 Å². The average molecular weight is 597 g/mol. The second-order valence-electron chi connectivity index (χ2n) is 10.3.